The Labute approximate surface area is 380 Å². The molecule has 0 aromatic heterocycles. The first kappa shape index (κ1) is 38.3. The van der Waals surface area contributed by atoms with Crippen LogP contribution in [0.1, 0.15) is 41.7 Å². The van der Waals surface area contributed by atoms with E-state index in [1.165, 1.54) is 22.3 Å². The normalized spacial score (nSPS) is 13.5. The molecule has 1 aliphatic carbocycles. The monoisotopic (exact) mass is 836 g/mol. The molecular weight excluding hydrogens is 793 g/mol. The summed E-state index contributed by atoms with van der Waals surface area (Å²) < 4.78 is 13.6. The highest BCUT2D eigenvalue weighted by molar-refractivity contribution is 6.00. The van der Waals surface area contributed by atoms with Crippen LogP contribution in [-0.2, 0) is 5.41 Å². The zero-order valence-corrected chi connectivity index (χ0v) is 36.3. The quantitative estimate of drug-likeness (QED) is 0.160. The largest absolute Gasteiger partial charge is 0.457 e. The van der Waals surface area contributed by atoms with Crippen LogP contribution in [0.5, 0.6) is 17.2 Å². The van der Waals surface area contributed by atoms with Crippen molar-refractivity contribution < 1.29 is 9.47 Å². The second-order valence-electron chi connectivity index (χ2n) is 17.5. The fourth-order valence-electron chi connectivity index (χ4n) is 10.3. The van der Waals surface area contributed by atoms with E-state index in [2.05, 4.69) is 230 Å². The van der Waals surface area contributed by atoms with Crippen LogP contribution in [0.4, 0.5) is 34.1 Å². The van der Waals surface area contributed by atoms with Crippen molar-refractivity contribution in [2.45, 2.75) is 19.3 Å². The molecule has 0 saturated carbocycles. The molecule has 0 bridgehead atoms. The number of para-hydroxylation sites is 3. The fourth-order valence-corrected chi connectivity index (χ4v) is 10.3. The summed E-state index contributed by atoms with van der Waals surface area (Å²) >= 11 is 0. The summed E-state index contributed by atoms with van der Waals surface area (Å²) in [6.45, 7) is 13.9. The number of fused-ring (bicyclic) bond motifs is 9. The topological polar surface area (TPSA) is 24.9 Å². The van der Waals surface area contributed by atoms with E-state index in [1.54, 1.807) is 0 Å². The second-order valence-corrected chi connectivity index (χ2v) is 17.5. The van der Waals surface area contributed by atoms with Crippen LogP contribution in [0, 0.1) is 0 Å². The van der Waals surface area contributed by atoms with Crippen molar-refractivity contribution in [3.63, 3.8) is 0 Å². The van der Waals surface area contributed by atoms with Crippen molar-refractivity contribution in [3.8, 4) is 50.6 Å². The molecule has 0 radical (unpaired) electrons. The van der Waals surface area contributed by atoms with Gasteiger partial charge in [0.05, 0.1) is 5.69 Å². The first-order chi connectivity index (χ1) is 31.8. The van der Waals surface area contributed by atoms with E-state index in [1.807, 2.05) is 6.07 Å². The van der Waals surface area contributed by atoms with Gasteiger partial charge in [0.15, 0.2) is 0 Å². The maximum atomic E-state index is 6.85. The van der Waals surface area contributed by atoms with Gasteiger partial charge in [-0.05, 0) is 118 Å². The van der Waals surface area contributed by atoms with Crippen LogP contribution in [0.2, 0.25) is 0 Å². The molecule has 12 rings (SSSR count). The van der Waals surface area contributed by atoms with Crippen LogP contribution in [0.3, 0.4) is 0 Å². The summed E-state index contributed by atoms with van der Waals surface area (Å²) in [5.41, 5.74) is 19.3. The third-order valence-corrected chi connectivity index (χ3v) is 13.3. The molecule has 4 heteroatoms. The number of rotatable bonds is 7. The summed E-state index contributed by atoms with van der Waals surface area (Å²) in [4.78, 5) is 4.61. The zero-order chi connectivity index (χ0) is 43.8. The van der Waals surface area contributed by atoms with Crippen LogP contribution >= 0.6 is 0 Å². The van der Waals surface area contributed by atoms with Crippen molar-refractivity contribution in [3.05, 3.63) is 247 Å². The van der Waals surface area contributed by atoms with Gasteiger partial charge in [-0.3, -0.25) is 0 Å². The molecule has 0 unspecified atom stereocenters. The van der Waals surface area contributed by atoms with Crippen molar-refractivity contribution in [1.29, 1.82) is 0 Å². The van der Waals surface area contributed by atoms with E-state index < -0.39 is 0 Å². The molecule has 4 nitrogen and oxygen atoms in total. The van der Waals surface area contributed by atoms with Crippen molar-refractivity contribution in [1.82, 2.24) is 0 Å². The van der Waals surface area contributed by atoms with Gasteiger partial charge in [-0.2, -0.15) is 0 Å². The molecule has 9 aromatic rings. The number of benzene rings is 9. The van der Waals surface area contributed by atoms with Crippen LogP contribution in [-0.4, -0.2) is 0 Å². The minimum Gasteiger partial charge on any atom is -0.457 e. The Kier molecular flexibility index (Phi) is 8.79. The van der Waals surface area contributed by atoms with Gasteiger partial charge in [0.2, 0.25) is 0 Å². The number of hydrogen-bond donors (Lipinski definition) is 0. The SMILES string of the molecule is C=C1c2ccc(N(c3ccccc3)c3ccccc3-c3ccccc3)cc2Oc2ccc3c(c21)C(=C)Oc1cc(N(c2ccccc2)c2ccc4c(c2)C(C)(C)c2ccccc2-4)ccc1-3. The molecule has 310 valence electrons. The molecule has 0 atom stereocenters. The third-order valence-electron chi connectivity index (χ3n) is 13.3. The Morgan fingerprint density at radius 2 is 0.892 bits per heavy atom. The Morgan fingerprint density at radius 3 is 1.62 bits per heavy atom. The van der Waals surface area contributed by atoms with E-state index in [0.29, 0.717) is 5.76 Å². The van der Waals surface area contributed by atoms with Gasteiger partial charge in [-0.15, -0.1) is 0 Å². The van der Waals surface area contributed by atoms with Gasteiger partial charge in [0, 0.05) is 73.8 Å². The Balaban J connectivity index is 0.913. The van der Waals surface area contributed by atoms with Crippen LogP contribution in [0.15, 0.2) is 219 Å². The van der Waals surface area contributed by atoms with Gasteiger partial charge >= 0.3 is 0 Å². The summed E-state index contributed by atoms with van der Waals surface area (Å²) in [5.74, 6) is 2.77. The number of hydrogen-bond acceptors (Lipinski definition) is 4. The van der Waals surface area contributed by atoms with E-state index in [0.717, 1.165) is 95.9 Å². The Bertz CT molecular complexity index is 3390. The van der Waals surface area contributed by atoms with Crippen LogP contribution < -0.4 is 19.3 Å². The van der Waals surface area contributed by atoms with Crippen molar-refractivity contribution >= 4 is 45.5 Å². The van der Waals surface area contributed by atoms with Gasteiger partial charge in [0.1, 0.15) is 23.0 Å². The highest BCUT2D eigenvalue weighted by Crippen LogP contribution is 2.55. The molecule has 2 aliphatic heterocycles. The summed E-state index contributed by atoms with van der Waals surface area (Å²) in [6.07, 6.45) is 0. The lowest BCUT2D eigenvalue weighted by Crippen LogP contribution is -2.16. The molecule has 0 amide bonds. The van der Waals surface area contributed by atoms with E-state index in [-0.39, 0.29) is 5.41 Å². The molecule has 3 aliphatic rings. The first-order valence-electron chi connectivity index (χ1n) is 22.1. The standard InChI is InChI=1S/C61H44N2O2/c1-39-47-31-28-46(63(43-22-12-7-13-23-43)55-27-17-15-24-48(55)41-18-8-5-9-19-41)38-57(47)65-56-35-34-52-51-33-30-45(37-58(51)64-40(2)60(52)59(39)56)62(42-20-10-6-11-21-42)44-29-32-50-49-25-14-16-26-53(49)61(3,4)54(50)36-44/h5-38H,1-2H2,3-4H3. The minimum atomic E-state index is -0.127. The predicted octanol–water partition coefficient (Wildman–Crippen LogP) is 16.8. The smallest absolute Gasteiger partial charge is 0.137 e. The molecule has 0 spiro atoms. The number of nitrogens with zero attached hydrogens (tertiary/aromatic N) is 2. The Morgan fingerprint density at radius 1 is 0.369 bits per heavy atom. The van der Waals surface area contributed by atoms with Crippen molar-refractivity contribution in [2.24, 2.45) is 0 Å². The minimum absolute atomic E-state index is 0.127. The summed E-state index contributed by atoms with van der Waals surface area (Å²) in [6, 6.07) is 72.8. The lowest BCUT2D eigenvalue weighted by Gasteiger charge is -2.32. The maximum Gasteiger partial charge on any atom is 0.137 e. The molecule has 0 N–H and O–H groups in total. The van der Waals surface area contributed by atoms with Crippen molar-refractivity contribution in [2.75, 3.05) is 9.80 Å². The molecule has 9 aromatic carbocycles. The maximum absolute atomic E-state index is 6.85. The Hall–Kier alpha value is -8.34. The molecular formula is C61H44N2O2. The molecule has 0 fully saturated rings. The van der Waals surface area contributed by atoms with Gasteiger partial charge in [-0.1, -0.05) is 142 Å². The number of ether oxygens (including phenoxy) is 2. The summed E-state index contributed by atoms with van der Waals surface area (Å²) in [5, 5.41) is 0. The third kappa shape index (κ3) is 6.13. The highest BCUT2D eigenvalue weighted by atomic mass is 16.5. The van der Waals surface area contributed by atoms with E-state index in [9.17, 15) is 0 Å². The van der Waals surface area contributed by atoms with E-state index >= 15 is 0 Å². The summed E-state index contributed by atoms with van der Waals surface area (Å²) in [7, 11) is 0. The fraction of sp³-hybridized carbons (Fsp3) is 0.0492. The van der Waals surface area contributed by atoms with Crippen LogP contribution in [0.25, 0.3) is 44.7 Å². The first-order valence-corrected chi connectivity index (χ1v) is 22.1. The van der Waals surface area contributed by atoms with Gasteiger partial charge < -0.3 is 19.3 Å². The molecule has 0 saturated heterocycles. The molecule has 2 heterocycles. The predicted molar refractivity (Wildman–Crippen MR) is 269 cm³/mol. The van der Waals surface area contributed by atoms with Gasteiger partial charge in [0.25, 0.3) is 0 Å². The zero-order valence-electron chi connectivity index (χ0n) is 36.3. The average molecular weight is 837 g/mol. The highest BCUT2D eigenvalue weighted by Gasteiger charge is 2.36. The second kappa shape index (κ2) is 14.9. The number of anilines is 6. The lowest BCUT2D eigenvalue weighted by molar-refractivity contribution is 0.471. The van der Waals surface area contributed by atoms with E-state index in [4.69, 9.17) is 16.1 Å². The van der Waals surface area contributed by atoms with Gasteiger partial charge in [-0.25, -0.2) is 0 Å². The average Bonchev–Trinajstić information content (AvgIpc) is 3.57. The lowest BCUT2D eigenvalue weighted by atomic mass is 9.82. The molecule has 65 heavy (non-hydrogen) atoms.